The molecule has 0 aliphatic carbocycles. The quantitative estimate of drug-likeness (QED) is 0.771. The van der Waals surface area contributed by atoms with Crippen LogP contribution >= 0.6 is 0 Å². The van der Waals surface area contributed by atoms with Crippen LogP contribution in [0.2, 0.25) is 0 Å². The van der Waals surface area contributed by atoms with Gasteiger partial charge >= 0.3 is 0 Å². The van der Waals surface area contributed by atoms with Crippen LogP contribution in [0.5, 0.6) is 5.75 Å². The van der Waals surface area contributed by atoms with E-state index in [1.165, 1.54) is 12.1 Å². The third-order valence-electron chi connectivity index (χ3n) is 2.76. The highest BCUT2D eigenvalue weighted by molar-refractivity contribution is 6.13. The average Bonchev–Trinajstić information content (AvgIpc) is 2.48. The summed E-state index contributed by atoms with van der Waals surface area (Å²) in [6.07, 6.45) is -0.471. The minimum atomic E-state index is -1.07. The number of aliphatic hydroxyl groups excluding tert-OH is 1. The molecule has 0 bridgehead atoms. The first-order valence-corrected chi connectivity index (χ1v) is 5.42. The molecule has 2 unspecified atom stereocenters. The highest BCUT2D eigenvalue weighted by Crippen LogP contribution is 2.39. The summed E-state index contributed by atoms with van der Waals surface area (Å²) >= 11 is 0. The zero-order chi connectivity index (χ0) is 11.9. The second-order valence-corrected chi connectivity index (χ2v) is 4.57. The molecule has 2 radical (unpaired) electrons. The standard InChI is InChI=1S/C12H14BFO2/c1-6(2)5-7-8(14)3-4-9-10(7)11(13)12(15)16-9/h3-4,6,11-12,15H,5H2,1-2H3. The lowest BCUT2D eigenvalue weighted by Crippen LogP contribution is -2.18. The molecule has 84 valence electrons. The Labute approximate surface area is 95.8 Å². The van der Waals surface area contributed by atoms with Crippen LogP contribution in [0.15, 0.2) is 12.1 Å². The first kappa shape index (κ1) is 11.5. The average molecular weight is 220 g/mol. The number of ether oxygens (including phenoxy) is 1. The molecule has 0 amide bonds. The van der Waals surface area contributed by atoms with Crippen LogP contribution < -0.4 is 4.74 Å². The Hall–Kier alpha value is -1.03. The first-order chi connectivity index (χ1) is 7.50. The number of hydrogen-bond donors (Lipinski definition) is 1. The third-order valence-corrected chi connectivity index (χ3v) is 2.76. The van der Waals surface area contributed by atoms with Crippen molar-refractivity contribution < 1.29 is 14.2 Å². The molecule has 2 nitrogen and oxygen atoms in total. The van der Waals surface area contributed by atoms with Gasteiger partial charge in [-0.05, 0) is 30.0 Å². The minimum absolute atomic E-state index is 0.277. The summed E-state index contributed by atoms with van der Waals surface area (Å²) in [5, 5.41) is 9.50. The van der Waals surface area contributed by atoms with Gasteiger partial charge in [0, 0.05) is 11.4 Å². The van der Waals surface area contributed by atoms with E-state index in [2.05, 4.69) is 0 Å². The Bertz CT molecular complexity index is 406. The smallest absolute Gasteiger partial charge is 0.196 e. The molecule has 0 saturated carbocycles. The second kappa shape index (κ2) is 4.09. The molecule has 0 aromatic heterocycles. The molecule has 2 rings (SSSR count). The van der Waals surface area contributed by atoms with Gasteiger partial charge in [-0.1, -0.05) is 13.8 Å². The van der Waals surface area contributed by atoms with Crippen molar-refractivity contribution in [2.75, 3.05) is 0 Å². The summed E-state index contributed by atoms with van der Waals surface area (Å²) in [6.45, 7) is 4.02. The molecule has 1 aromatic carbocycles. The van der Waals surface area contributed by atoms with Crippen LogP contribution in [-0.4, -0.2) is 19.2 Å². The lowest BCUT2D eigenvalue weighted by Gasteiger charge is -2.13. The fraction of sp³-hybridized carbons (Fsp3) is 0.500. The van der Waals surface area contributed by atoms with Crippen LogP contribution in [0, 0.1) is 11.7 Å². The number of benzene rings is 1. The van der Waals surface area contributed by atoms with E-state index in [0.717, 1.165) is 0 Å². The van der Waals surface area contributed by atoms with Gasteiger partial charge in [-0.15, -0.1) is 0 Å². The van der Waals surface area contributed by atoms with E-state index in [4.69, 9.17) is 12.6 Å². The second-order valence-electron chi connectivity index (χ2n) is 4.57. The van der Waals surface area contributed by atoms with Gasteiger partial charge < -0.3 is 9.84 Å². The van der Waals surface area contributed by atoms with Crippen molar-refractivity contribution in [1.29, 1.82) is 0 Å². The molecule has 0 fully saturated rings. The van der Waals surface area contributed by atoms with Crippen molar-refractivity contribution in [3.8, 4) is 5.75 Å². The highest BCUT2D eigenvalue weighted by Gasteiger charge is 2.32. The van der Waals surface area contributed by atoms with E-state index in [1.807, 2.05) is 13.8 Å². The lowest BCUT2D eigenvalue weighted by atomic mass is 9.78. The molecule has 16 heavy (non-hydrogen) atoms. The molecular formula is C12H14BFO2. The molecule has 1 aromatic rings. The van der Waals surface area contributed by atoms with Crippen molar-refractivity contribution in [3.63, 3.8) is 0 Å². The molecule has 1 N–H and O–H groups in total. The third kappa shape index (κ3) is 1.82. The first-order valence-electron chi connectivity index (χ1n) is 5.42. The molecule has 4 heteroatoms. The summed E-state index contributed by atoms with van der Waals surface area (Å²) in [5.74, 6) is -0.108. The number of aliphatic hydroxyl groups is 1. The predicted molar refractivity (Wildman–Crippen MR) is 60.1 cm³/mol. The van der Waals surface area contributed by atoms with Crippen molar-refractivity contribution in [2.45, 2.75) is 32.4 Å². The Morgan fingerprint density at radius 2 is 2.19 bits per heavy atom. The zero-order valence-electron chi connectivity index (χ0n) is 9.40. The molecule has 0 saturated heterocycles. The van der Waals surface area contributed by atoms with Crippen LogP contribution in [0.1, 0.15) is 30.8 Å². The lowest BCUT2D eigenvalue weighted by molar-refractivity contribution is -0.00172. The minimum Gasteiger partial charge on any atom is -0.465 e. The van der Waals surface area contributed by atoms with Gasteiger partial charge in [0.1, 0.15) is 11.6 Å². The van der Waals surface area contributed by atoms with E-state index in [9.17, 15) is 9.50 Å². The van der Waals surface area contributed by atoms with Crippen LogP contribution in [0.25, 0.3) is 0 Å². The molecule has 0 spiro atoms. The van der Waals surface area contributed by atoms with E-state index < -0.39 is 12.1 Å². The van der Waals surface area contributed by atoms with E-state index in [1.54, 1.807) is 0 Å². The molecular weight excluding hydrogens is 206 g/mol. The highest BCUT2D eigenvalue weighted by atomic mass is 19.1. The number of rotatable bonds is 2. The number of halogens is 1. The number of fused-ring (bicyclic) bond motifs is 1. The summed E-state index contributed by atoms with van der Waals surface area (Å²) in [4.78, 5) is 0. The van der Waals surface area contributed by atoms with Crippen molar-refractivity contribution in [3.05, 3.63) is 29.1 Å². The maximum absolute atomic E-state index is 13.7. The van der Waals surface area contributed by atoms with Gasteiger partial charge in [0.05, 0.1) is 7.85 Å². The fourth-order valence-electron chi connectivity index (χ4n) is 2.05. The summed E-state index contributed by atoms with van der Waals surface area (Å²) in [5.41, 5.74) is 1.18. The Balaban J connectivity index is 2.48. The van der Waals surface area contributed by atoms with E-state index in [-0.39, 0.29) is 5.82 Å². The van der Waals surface area contributed by atoms with E-state index >= 15 is 0 Å². The van der Waals surface area contributed by atoms with Crippen molar-refractivity contribution in [1.82, 2.24) is 0 Å². The maximum atomic E-state index is 13.7. The largest absolute Gasteiger partial charge is 0.465 e. The zero-order valence-corrected chi connectivity index (χ0v) is 9.40. The monoisotopic (exact) mass is 220 g/mol. The van der Waals surface area contributed by atoms with Crippen molar-refractivity contribution >= 4 is 7.85 Å². The topological polar surface area (TPSA) is 29.5 Å². The van der Waals surface area contributed by atoms with Crippen LogP contribution in [-0.2, 0) is 6.42 Å². The van der Waals surface area contributed by atoms with Gasteiger partial charge in [-0.3, -0.25) is 0 Å². The normalized spacial score (nSPS) is 23.3. The molecule has 1 heterocycles. The van der Waals surface area contributed by atoms with Gasteiger partial charge in [0.15, 0.2) is 6.29 Å². The fourth-order valence-corrected chi connectivity index (χ4v) is 2.05. The van der Waals surface area contributed by atoms with Gasteiger partial charge in [0.25, 0.3) is 0 Å². The number of hydrogen-bond acceptors (Lipinski definition) is 2. The predicted octanol–water partition coefficient (Wildman–Crippen LogP) is 1.94. The van der Waals surface area contributed by atoms with Gasteiger partial charge in [0.2, 0.25) is 0 Å². The van der Waals surface area contributed by atoms with Crippen LogP contribution in [0.4, 0.5) is 4.39 Å². The van der Waals surface area contributed by atoms with Gasteiger partial charge in [-0.25, -0.2) is 4.39 Å². The van der Waals surface area contributed by atoms with Crippen LogP contribution in [0.3, 0.4) is 0 Å². The van der Waals surface area contributed by atoms with Crippen molar-refractivity contribution in [2.24, 2.45) is 5.92 Å². The summed E-state index contributed by atoms with van der Waals surface area (Å²) < 4.78 is 18.9. The summed E-state index contributed by atoms with van der Waals surface area (Å²) in [6, 6.07) is 2.88. The maximum Gasteiger partial charge on any atom is 0.196 e. The molecule has 1 aliphatic rings. The molecule has 1 aliphatic heterocycles. The molecule has 2 atom stereocenters. The van der Waals surface area contributed by atoms with Gasteiger partial charge in [-0.2, -0.15) is 0 Å². The Morgan fingerprint density at radius 3 is 2.81 bits per heavy atom. The SMILES string of the molecule is [B]C1c2c(ccc(F)c2CC(C)C)OC1O. The Kier molecular flexibility index (Phi) is 2.93. The van der Waals surface area contributed by atoms with E-state index in [0.29, 0.717) is 29.2 Å². The summed E-state index contributed by atoms with van der Waals surface area (Å²) in [7, 11) is 5.79. The Morgan fingerprint density at radius 1 is 1.50 bits per heavy atom.